The van der Waals surface area contributed by atoms with E-state index in [1.807, 2.05) is 12.3 Å². The minimum Gasteiger partial charge on any atom is -0.378 e. The number of ether oxygens (including phenoxy) is 1. The molecule has 6 heteroatoms. The highest BCUT2D eigenvalue weighted by molar-refractivity contribution is 6.31. The molecule has 3 aromatic rings. The van der Waals surface area contributed by atoms with E-state index in [9.17, 15) is 0 Å². The molecule has 0 amide bonds. The molecule has 4 heterocycles. The number of hydrogen-bond donors (Lipinski definition) is 2. The van der Waals surface area contributed by atoms with Gasteiger partial charge in [0.15, 0.2) is 0 Å². The maximum absolute atomic E-state index is 6.21. The van der Waals surface area contributed by atoms with Gasteiger partial charge in [0.05, 0.1) is 19.3 Å². The molecule has 5 rings (SSSR count). The Balaban J connectivity index is 1.49. The molecule has 5 nitrogen and oxygen atoms in total. The lowest BCUT2D eigenvalue weighted by Crippen LogP contribution is -2.36. The van der Waals surface area contributed by atoms with Gasteiger partial charge in [-0.2, -0.15) is 0 Å². The Morgan fingerprint density at radius 2 is 2.04 bits per heavy atom. The Morgan fingerprint density at radius 1 is 1.15 bits per heavy atom. The molecule has 2 N–H and O–H groups in total. The maximum Gasteiger partial charge on any atom is 0.128 e. The Morgan fingerprint density at radius 3 is 2.85 bits per heavy atom. The van der Waals surface area contributed by atoms with E-state index in [2.05, 4.69) is 39.5 Å². The number of halogens is 1. The molecule has 0 radical (unpaired) electrons. The quantitative estimate of drug-likeness (QED) is 0.728. The van der Waals surface area contributed by atoms with Crippen LogP contribution in [0.25, 0.3) is 10.9 Å². The van der Waals surface area contributed by atoms with Crippen LogP contribution in [-0.2, 0) is 11.2 Å². The number of fused-ring (bicyclic) bond motifs is 3. The third-order valence-corrected chi connectivity index (χ3v) is 5.59. The number of pyridine rings is 1. The van der Waals surface area contributed by atoms with Crippen molar-refractivity contribution in [3.63, 3.8) is 0 Å². The summed E-state index contributed by atoms with van der Waals surface area (Å²) in [5.41, 5.74) is 4.92. The summed E-state index contributed by atoms with van der Waals surface area (Å²) in [4.78, 5) is 10.6. The molecule has 0 bridgehead atoms. The van der Waals surface area contributed by atoms with Crippen LogP contribution in [0.1, 0.15) is 22.9 Å². The van der Waals surface area contributed by atoms with Crippen molar-refractivity contribution in [3.05, 3.63) is 58.4 Å². The van der Waals surface area contributed by atoms with Crippen LogP contribution in [-0.4, -0.2) is 42.8 Å². The van der Waals surface area contributed by atoms with Crippen LogP contribution in [0.3, 0.4) is 0 Å². The largest absolute Gasteiger partial charge is 0.378 e. The number of H-pyrrole nitrogens is 1. The van der Waals surface area contributed by atoms with Crippen LogP contribution >= 0.6 is 11.6 Å². The number of rotatable bonds is 2. The monoisotopic (exact) mass is 368 g/mol. The zero-order valence-electron chi connectivity index (χ0n) is 14.5. The zero-order valence-corrected chi connectivity index (χ0v) is 15.2. The average molecular weight is 369 g/mol. The van der Waals surface area contributed by atoms with E-state index in [-0.39, 0.29) is 6.04 Å². The van der Waals surface area contributed by atoms with Gasteiger partial charge in [-0.3, -0.25) is 0 Å². The van der Waals surface area contributed by atoms with Gasteiger partial charge < -0.3 is 19.9 Å². The zero-order chi connectivity index (χ0) is 17.5. The summed E-state index contributed by atoms with van der Waals surface area (Å²) in [5.74, 6) is 1.02. The molecular weight excluding hydrogens is 348 g/mol. The van der Waals surface area contributed by atoms with E-state index in [4.69, 9.17) is 21.3 Å². The fraction of sp³-hybridized carbons (Fsp3) is 0.350. The first-order chi connectivity index (χ1) is 12.8. The van der Waals surface area contributed by atoms with E-state index in [1.54, 1.807) is 0 Å². The Labute approximate surface area is 157 Å². The van der Waals surface area contributed by atoms with Crippen LogP contribution in [0.4, 0.5) is 5.82 Å². The van der Waals surface area contributed by atoms with Gasteiger partial charge in [-0.25, -0.2) is 4.98 Å². The number of nitrogens with one attached hydrogen (secondary N) is 2. The van der Waals surface area contributed by atoms with Gasteiger partial charge in [0.25, 0.3) is 0 Å². The van der Waals surface area contributed by atoms with Gasteiger partial charge in [0, 0.05) is 47.5 Å². The summed E-state index contributed by atoms with van der Waals surface area (Å²) in [7, 11) is 0. The molecule has 26 heavy (non-hydrogen) atoms. The summed E-state index contributed by atoms with van der Waals surface area (Å²) in [6.45, 7) is 4.30. The molecule has 2 aliphatic rings. The molecular formula is C20H21ClN4O. The topological polar surface area (TPSA) is 53.2 Å². The molecule has 0 unspecified atom stereocenters. The molecule has 1 aromatic carbocycles. The molecule has 0 aliphatic carbocycles. The predicted octanol–water partition coefficient (Wildman–Crippen LogP) is 3.29. The number of benzene rings is 1. The lowest BCUT2D eigenvalue weighted by Gasteiger charge is -2.29. The second-order valence-electron chi connectivity index (χ2n) is 6.89. The number of aromatic nitrogens is 2. The third-order valence-electron chi connectivity index (χ3n) is 5.35. The van der Waals surface area contributed by atoms with E-state index in [1.165, 1.54) is 22.2 Å². The molecule has 1 fully saturated rings. The van der Waals surface area contributed by atoms with Gasteiger partial charge in [-0.15, -0.1) is 0 Å². The first-order valence-corrected chi connectivity index (χ1v) is 9.49. The minimum absolute atomic E-state index is 0.135. The SMILES string of the molecule is Clc1ccc2[nH]c3c(c2c1)CCN[C@H]3c1ccc(N2CCOCC2)nc1. The smallest absolute Gasteiger partial charge is 0.128 e. The number of anilines is 1. The molecule has 134 valence electrons. The first-order valence-electron chi connectivity index (χ1n) is 9.11. The molecule has 2 aliphatic heterocycles. The van der Waals surface area contributed by atoms with Crippen LogP contribution in [0, 0.1) is 0 Å². The highest BCUT2D eigenvalue weighted by atomic mass is 35.5. The number of hydrogen-bond acceptors (Lipinski definition) is 4. The van der Waals surface area contributed by atoms with Crippen molar-refractivity contribution >= 4 is 28.3 Å². The van der Waals surface area contributed by atoms with Crippen LogP contribution in [0.5, 0.6) is 0 Å². The van der Waals surface area contributed by atoms with Crippen molar-refractivity contribution in [2.45, 2.75) is 12.5 Å². The number of aromatic amines is 1. The first kappa shape index (κ1) is 16.1. The standard InChI is InChI=1S/C20H21ClN4O/c21-14-2-3-17-16(11-14)15-5-6-22-19(20(15)24-17)13-1-4-18(23-12-13)25-7-9-26-10-8-25/h1-4,11-12,19,22,24H,5-10H2/t19-/m0/s1. The van der Waals surface area contributed by atoms with Crippen molar-refractivity contribution in [2.75, 3.05) is 37.7 Å². The van der Waals surface area contributed by atoms with Gasteiger partial charge in [-0.05, 0) is 41.8 Å². The molecule has 1 atom stereocenters. The van der Waals surface area contributed by atoms with Gasteiger partial charge in [-0.1, -0.05) is 17.7 Å². The lowest BCUT2D eigenvalue weighted by atomic mass is 9.95. The minimum atomic E-state index is 0.135. The number of morpholine rings is 1. The van der Waals surface area contributed by atoms with E-state index < -0.39 is 0 Å². The summed E-state index contributed by atoms with van der Waals surface area (Å²) in [6, 6.07) is 10.5. The van der Waals surface area contributed by atoms with Crippen molar-refractivity contribution in [3.8, 4) is 0 Å². The highest BCUT2D eigenvalue weighted by Gasteiger charge is 2.25. The fourth-order valence-electron chi connectivity index (χ4n) is 4.03. The lowest BCUT2D eigenvalue weighted by molar-refractivity contribution is 0.122. The Hall–Kier alpha value is -2.08. The highest BCUT2D eigenvalue weighted by Crippen LogP contribution is 2.34. The van der Waals surface area contributed by atoms with Gasteiger partial charge >= 0.3 is 0 Å². The van der Waals surface area contributed by atoms with E-state index >= 15 is 0 Å². The van der Waals surface area contributed by atoms with Crippen molar-refractivity contribution < 1.29 is 4.74 Å². The maximum atomic E-state index is 6.21. The Bertz CT molecular complexity index is 931. The molecule has 0 spiro atoms. The van der Waals surface area contributed by atoms with Gasteiger partial charge in [0.1, 0.15) is 5.82 Å². The third kappa shape index (κ3) is 2.76. The second kappa shape index (κ2) is 6.58. The molecule has 1 saturated heterocycles. The fourth-order valence-corrected chi connectivity index (χ4v) is 4.20. The van der Waals surface area contributed by atoms with Crippen LogP contribution in [0.15, 0.2) is 36.5 Å². The van der Waals surface area contributed by atoms with Crippen molar-refractivity contribution in [2.24, 2.45) is 0 Å². The average Bonchev–Trinajstić information content (AvgIpc) is 3.07. The normalized spacial score (nSPS) is 20.3. The van der Waals surface area contributed by atoms with Gasteiger partial charge in [0.2, 0.25) is 0 Å². The van der Waals surface area contributed by atoms with Crippen LogP contribution < -0.4 is 10.2 Å². The summed E-state index contributed by atoms with van der Waals surface area (Å²) >= 11 is 6.21. The summed E-state index contributed by atoms with van der Waals surface area (Å²) in [6.07, 6.45) is 3.00. The number of nitrogens with zero attached hydrogens (tertiary/aromatic N) is 2. The summed E-state index contributed by atoms with van der Waals surface area (Å²) < 4.78 is 5.42. The van der Waals surface area contributed by atoms with E-state index in [0.29, 0.717) is 0 Å². The molecule has 0 saturated carbocycles. The second-order valence-corrected chi connectivity index (χ2v) is 7.33. The Kier molecular flexibility index (Phi) is 4.08. The predicted molar refractivity (Wildman–Crippen MR) is 104 cm³/mol. The van der Waals surface area contributed by atoms with Crippen molar-refractivity contribution in [1.82, 2.24) is 15.3 Å². The molecule has 2 aromatic heterocycles. The summed E-state index contributed by atoms with van der Waals surface area (Å²) in [5, 5.41) is 5.64. The van der Waals surface area contributed by atoms with E-state index in [0.717, 1.165) is 55.6 Å². The van der Waals surface area contributed by atoms with Crippen LogP contribution in [0.2, 0.25) is 5.02 Å². The van der Waals surface area contributed by atoms with Crippen molar-refractivity contribution in [1.29, 1.82) is 0 Å².